The van der Waals surface area contributed by atoms with Gasteiger partial charge in [-0.25, -0.2) is 0 Å². The summed E-state index contributed by atoms with van der Waals surface area (Å²) in [6.07, 6.45) is 4.74. The van der Waals surface area contributed by atoms with Crippen LogP contribution in [0.25, 0.3) is 0 Å². The fourth-order valence-electron chi connectivity index (χ4n) is 2.03. The van der Waals surface area contributed by atoms with Crippen LogP contribution in [0, 0.1) is 13.8 Å². The van der Waals surface area contributed by atoms with E-state index in [9.17, 15) is 0 Å². The van der Waals surface area contributed by atoms with Crippen molar-refractivity contribution >= 4 is 0 Å². The lowest BCUT2D eigenvalue weighted by Gasteiger charge is -2.12. The fourth-order valence-corrected chi connectivity index (χ4v) is 2.03. The van der Waals surface area contributed by atoms with Gasteiger partial charge in [0.15, 0.2) is 0 Å². The van der Waals surface area contributed by atoms with Crippen LogP contribution in [0.2, 0.25) is 0 Å². The SMILES string of the molecule is Cc1cccc(C)c1CCC1(N)CC1. The Morgan fingerprint density at radius 3 is 2.29 bits per heavy atom. The largest absolute Gasteiger partial charge is 0.325 e. The highest BCUT2D eigenvalue weighted by molar-refractivity contribution is 5.33. The summed E-state index contributed by atoms with van der Waals surface area (Å²) in [5, 5.41) is 0. The summed E-state index contributed by atoms with van der Waals surface area (Å²) in [7, 11) is 0. The summed E-state index contributed by atoms with van der Waals surface area (Å²) >= 11 is 0. The van der Waals surface area contributed by atoms with Crippen molar-refractivity contribution in [2.45, 2.75) is 45.1 Å². The molecule has 14 heavy (non-hydrogen) atoms. The first kappa shape index (κ1) is 9.72. The quantitative estimate of drug-likeness (QED) is 0.777. The van der Waals surface area contributed by atoms with Gasteiger partial charge in [-0.3, -0.25) is 0 Å². The molecule has 1 saturated carbocycles. The Morgan fingerprint density at radius 1 is 1.21 bits per heavy atom. The fraction of sp³-hybridized carbons (Fsp3) is 0.538. The summed E-state index contributed by atoms with van der Waals surface area (Å²) in [4.78, 5) is 0. The van der Waals surface area contributed by atoms with Crippen LogP contribution < -0.4 is 5.73 Å². The zero-order valence-corrected chi connectivity index (χ0v) is 9.14. The zero-order valence-electron chi connectivity index (χ0n) is 9.14. The summed E-state index contributed by atoms with van der Waals surface area (Å²) < 4.78 is 0. The molecule has 2 N–H and O–H groups in total. The Morgan fingerprint density at radius 2 is 1.79 bits per heavy atom. The average molecular weight is 189 g/mol. The van der Waals surface area contributed by atoms with Crippen LogP contribution in [-0.2, 0) is 6.42 Å². The summed E-state index contributed by atoms with van der Waals surface area (Å²) in [6.45, 7) is 4.39. The average Bonchev–Trinajstić information content (AvgIpc) is 2.83. The van der Waals surface area contributed by atoms with Gasteiger partial charge in [0.1, 0.15) is 0 Å². The molecule has 1 fully saturated rings. The molecule has 2 rings (SSSR count). The van der Waals surface area contributed by atoms with Crippen LogP contribution in [-0.4, -0.2) is 5.54 Å². The molecule has 0 aliphatic heterocycles. The third kappa shape index (κ3) is 1.98. The first-order chi connectivity index (χ1) is 6.61. The van der Waals surface area contributed by atoms with Gasteiger partial charge < -0.3 is 5.73 Å². The van der Waals surface area contributed by atoms with Crippen molar-refractivity contribution in [3.63, 3.8) is 0 Å². The minimum absolute atomic E-state index is 0.189. The lowest BCUT2D eigenvalue weighted by atomic mass is 9.96. The van der Waals surface area contributed by atoms with Crippen LogP contribution in [0.5, 0.6) is 0 Å². The van der Waals surface area contributed by atoms with Gasteiger partial charge in [0.25, 0.3) is 0 Å². The highest BCUT2D eigenvalue weighted by Gasteiger charge is 2.37. The molecule has 0 saturated heterocycles. The van der Waals surface area contributed by atoms with Gasteiger partial charge in [-0.15, -0.1) is 0 Å². The van der Waals surface area contributed by atoms with Crippen molar-refractivity contribution in [2.75, 3.05) is 0 Å². The minimum atomic E-state index is 0.189. The summed E-state index contributed by atoms with van der Waals surface area (Å²) in [5.74, 6) is 0. The second kappa shape index (κ2) is 3.39. The number of hydrogen-bond acceptors (Lipinski definition) is 1. The second-order valence-corrected chi connectivity index (χ2v) is 4.73. The topological polar surface area (TPSA) is 26.0 Å². The van der Waals surface area contributed by atoms with Crippen LogP contribution in [0.3, 0.4) is 0 Å². The Kier molecular flexibility index (Phi) is 2.36. The number of aryl methyl sites for hydroxylation is 2. The lowest BCUT2D eigenvalue weighted by molar-refractivity contribution is 0.607. The van der Waals surface area contributed by atoms with Gasteiger partial charge in [0.05, 0.1) is 0 Å². The van der Waals surface area contributed by atoms with Crippen molar-refractivity contribution in [3.05, 3.63) is 34.9 Å². The van der Waals surface area contributed by atoms with Gasteiger partial charge in [-0.1, -0.05) is 18.2 Å². The molecule has 0 atom stereocenters. The van der Waals surface area contributed by atoms with Crippen molar-refractivity contribution in [2.24, 2.45) is 5.73 Å². The van der Waals surface area contributed by atoms with Crippen LogP contribution >= 0.6 is 0 Å². The van der Waals surface area contributed by atoms with E-state index in [1.165, 1.54) is 29.5 Å². The van der Waals surface area contributed by atoms with Gasteiger partial charge in [0.2, 0.25) is 0 Å². The van der Waals surface area contributed by atoms with E-state index in [0.29, 0.717) is 0 Å². The third-order valence-corrected chi connectivity index (χ3v) is 3.41. The zero-order chi connectivity index (χ0) is 10.2. The Balaban J connectivity index is 2.08. The van der Waals surface area contributed by atoms with Crippen LogP contribution in [0.1, 0.15) is 36.0 Å². The third-order valence-electron chi connectivity index (χ3n) is 3.41. The van der Waals surface area contributed by atoms with Gasteiger partial charge in [-0.05, 0) is 56.2 Å². The first-order valence-electron chi connectivity index (χ1n) is 5.45. The monoisotopic (exact) mass is 189 g/mol. The lowest BCUT2D eigenvalue weighted by Crippen LogP contribution is -2.22. The molecule has 1 heteroatoms. The Labute approximate surface area is 86.3 Å². The molecule has 1 aromatic carbocycles. The molecule has 76 valence electrons. The molecule has 0 spiro atoms. The highest BCUT2D eigenvalue weighted by atomic mass is 14.8. The molecular formula is C13H19N. The van der Waals surface area contributed by atoms with E-state index >= 15 is 0 Å². The van der Waals surface area contributed by atoms with Crippen molar-refractivity contribution < 1.29 is 0 Å². The maximum absolute atomic E-state index is 6.09. The maximum Gasteiger partial charge on any atom is 0.0158 e. The van der Waals surface area contributed by atoms with E-state index in [2.05, 4.69) is 32.0 Å². The molecular weight excluding hydrogens is 170 g/mol. The maximum atomic E-state index is 6.09. The van der Waals surface area contributed by atoms with E-state index in [1.54, 1.807) is 0 Å². The molecule has 1 nitrogen and oxygen atoms in total. The number of rotatable bonds is 3. The highest BCUT2D eigenvalue weighted by Crippen LogP contribution is 2.37. The predicted octanol–water partition coefficient (Wildman–Crippen LogP) is 2.73. The van der Waals surface area contributed by atoms with Crippen molar-refractivity contribution in [1.29, 1.82) is 0 Å². The van der Waals surface area contributed by atoms with Crippen LogP contribution in [0.4, 0.5) is 0 Å². The standard InChI is InChI=1S/C13H19N/c1-10-4-3-5-11(2)12(10)6-7-13(14)8-9-13/h3-5H,6-9,14H2,1-2H3. The normalized spacial score (nSPS) is 18.2. The van der Waals surface area contributed by atoms with E-state index in [1.807, 2.05) is 0 Å². The Hall–Kier alpha value is -0.820. The second-order valence-electron chi connectivity index (χ2n) is 4.73. The molecule has 0 unspecified atom stereocenters. The summed E-state index contributed by atoms with van der Waals surface area (Å²) in [5.41, 5.74) is 10.6. The van der Waals surface area contributed by atoms with E-state index in [0.717, 1.165) is 12.8 Å². The van der Waals surface area contributed by atoms with Gasteiger partial charge in [0, 0.05) is 5.54 Å². The smallest absolute Gasteiger partial charge is 0.0158 e. The van der Waals surface area contributed by atoms with Crippen molar-refractivity contribution in [1.82, 2.24) is 0 Å². The number of hydrogen-bond donors (Lipinski definition) is 1. The molecule has 0 aromatic heterocycles. The summed E-state index contributed by atoms with van der Waals surface area (Å²) in [6, 6.07) is 6.51. The van der Waals surface area contributed by atoms with Crippen LogP contribution in [0.15, 0.2) is 18.2 Å². The molecule has 1 aliphatic carbocycles. The molecule has 0 radical (unpaired) electrons. The van der Waals surface area contributed by atoms with Gasteiger partial charge >= 0.3 is 0 Å². The molecule has 0 bridgehead atoms. The van der Waals surface area contributed by atoms with Gasteiger partial charge in [-0.2, -0.15) is 0 Å². The van der Waals surface area contributed by atoms with E-state index in [-0.39, 0.29) is 5.54 Å². The molecule has 1 aromatic rings. The number of benzene rings is 1. The molecule has 0 heterocycles. The first-order valence-corrected chi connectivity index (χ1v) is 5.45. The predicted molar refractivity (Wildman–Crippen MR) is 60.4 cm³/mol. The number of nitrogens with two attached hydrogens (primary N) is 1. The Bertz CT molecular complexity index is 317. The minimum Gasteiger partial charge on any atom is -0.325 e. The molecule has 0 amide bonds. The molecule has 1 aliphatic rings. The van der Waals surface area contributed by atoms with E-state index < -0.39 is 0 Å². The van der Waals surface area contributed by atoms with E-state index in [4.69, 9.17) is 5.73 Å². The van der Waals surface area contributed by atoms with Crippen molar-refractivity contribution in [3.8, 4) is 0 Å².